The maximum Gasteiger partial charge on any atom is 0 e. The number of aromatic carboxylic acids is 3. The molecule has 0 aliphatic heterocycles. The van der Waals surface area contributed by atoms with Crippen molar-refractivity contribution in [3.63, 3.8) is 0 Å². The van der Waals surface area contributed by atoms with Gasteiger partial charge in [0.2, 0.25) is 0 Å². The third kappa shape index (κ3) is 85.6. The summed E-state index contributed by atoms with van der Waals surface area (Å²) in [5.41, 5.74) is -1.10. The summed E-state index contributed by atoms with van der Waals surface area (Å²) in [6.45, 7) is -0.250. The monoisotopic (exact) mass is 880 g/mol. The number of hydrogen-bond donors (Lipinski definition) is 4. The summed E-state index contributed by atoms with van der Waals surface area (Å²) in [5.74, 6) is -4.12. The second-order valence-corrected chi connectivity index (χ2v) is 3.07. The zero-order valence-corrected chi connectivity index (χ0v) is 28.8. The largest absolute Gasteiger partial charge is 0 e. The second-order valence-electron chi connectivity index (χ2n) is 2.90. The van der Waals surface area contributed by atoms with Crippen LogP contribution in [0.15, 0.2) is 18.2 Å². The van der Waals surface area contributed by atoms with E-state index in [0.29, 0.717) is 24.7 Å². The summed E-state index contributed by atoms with van der Waals surface area (Å²) in [5, 5.41) is 32.7. The summed E-state index contributed by atoms with van der Waals surface area (Å²) in [7, 11) is -1.42. The van der Waals surface area contributed by atoms with Gasteiger partial charge < -0.3 is 79.1 Å². The summed E-state index contributed by atoms with van der Waals surface area (Å²) in [6.07, 6.45) is 0. The molecule has 25 heteroatoms. The first-order valence-electron chi connectivity index (χ1n) is 4.87. The smallest absolute Gasteiger partial charge is 0 e. The average Bonchev–Trinajstić information content (AvgIpc) is 2.50. The van der Waals surface area contributed by atoms with Crippen molar-refractivity contribution in [2.24, 2.45) is 0 Å². The number of carbonyl (C=O) groups is 4. The van der Waals surface area contributed by atoms with Crippen molar-refractivity contribution in [2.45, 2.75) is 14.9 Å². The molecule has 0 radical (unpaired) electrons. The van der Waals surface area contributed by atoms with Gasteiger partial charge in [-0.05, 0) is 18.2 Å². The standard InChI is InChI=1S/C9H6O6.CH2O2.2CH4.2CH3.2ClH.O2Si.8H2O.O.3Zr/c10-7(11)4-1-5(8(12)13)3-6(2-4)9(14)15;2-1-3;;;;;;;1-3-2;;;;;;;;;;;;/h1-3H,(H,10,11)(H,12,13)(H,14,15);1H,(H,2,3);2*1H4;2*1H3;2*1H;;8*1H2;;;;/q;;;;2*-1;;;;;;;;;;;;;;;. The van der Waals surface area contributed by atoms with E-state index in [4.69, 9.17) is 37.0 Å². The van der Waals surface area contributed by atoms with Gasteiger partial charge in [0.05, 0.1) is 16.7 Å². The maximum absolute atomic E-state index is 10.6. The Kier molecular flexibility index (Phi) is 359. The predicted molar refractivity (Wildman–Crippen MR) is 134 cm³/mol. The fourth-order valence-corrected chi connectivity index (χ4v) is 0.998. The van der Waals surface area contributed by atoms with Gasteiger partial charge in [-0.1, -0.05) is 14.9 Å². The van der Waals surface area contributed by atoms with E-state index in [1.165, 1.54) is 0 Å². The molecule has 242 valence electrons. The Bertz CT molecular complexity index is 548. The van der Waals surface area contributed by atoms with Crippen LogP contribution in [0.3, 0.4) is 0 Å². The molecular weight excluding hydrogens is 845 g/mol. The van der Waals surface area contributed by atoms with Crippen LogP contribution in [0.2, 0.25) is 0 Å². The molecule has 0 unspecified atom stereocenters. The zero-order chi connectivity index (χ0) is 19.0. The summed E-state index contributed by atoms with van der Waals surface area (Å²) < 4.78 is 25.1. The number of halogens is 2. The normalized spacial score (nSPS) is 4.28. The first-order valence-corrected chi connectivity index (χ1v) is 6.69. The number of benzene rings is 1. The van der Waals surface area contributed by atoms with Crippen molar-refractivity contribution >= 4 is 58.5 Å². The third-order valence-corrected chi connectivity index (χ3v) is 1.67. The molecule has 0 aliphatic carbocycles. The quantitative estimate of drug-likeness (QED) is 0.129. The molecule has 0 amide bonds. The van der Waals surface area contributed by atoms with Gasteiger partial charge in [0.15, 0.2) is 0 Å². The molecule has 20 N–H and O–H groups in total. The first-order chi connectivity index (χ1) is 10.7. The van der Waals surface area contributed by atoms with Gasteiger partial charge in [0.1, 0.15) is 0 Å². The molecule has 0 saturated heterocycles. The van der Waals surface area contributed by atoms with Gasteiger partial charge in [0.25, 0.3) is 6.47 Å². The molecule has 0 atom stereocenters. The van der Waals surface area contributed by atoms with Gasteiger partial charge in [-0.2, -0.15) is 0 Å². The molecule has 0 bridgehead atoms. The SMILES string of the molecule is C.C.Cl.Cl.O.O.O.O.O.O.O.O.O=C(O)c1cc(C(=O)O)cc(C(=O)O)c1.O=CO.O=[Si]=O.[CH3-].[CH3-].[O]=[Zr].[Zr].[Zr]. The minimum atomic E-state index is -1.42. The number of carboxylic acids is 3. The Morgan fingerprint density at radius 3 is 0.744 bits per heavy atom. The topological polar surface area (TPSA) is 452 Å². The molecule has 1 aromatic rings. The van der Waals surface area contributed by atoms with Crippen molar-refractivity contribution in [3.05, 3.63) is 49.7 Å². The van der Waals surface area contributed by atoms with E-state index < -0.39 is 27.2 Å². The van der Waals surface area contributed by atoms with E-state index in [1.807, 2.05) is 0 Å². The van der Waals surface area contributed by atoms with E-state index in [0.717, 1.165) is 18.2 Å². The van der Waals surface area contributed by atoms with E-state index in [1.54, 1.807) is 0 Å². The van der Waals surface area contributed by atoms with Crippen molar-refractivity contribution in [1.29, 1.82) is 0 Å². The fourth-order valence-electron chi connectivity index (χ4n) is 0.998. The van der Waals surface area contributed by atoms with Crippen molar-refractivity contribution in [1.82, 2.24) is 0 Å². The van der Waals surface area contributed by atoms with E-state index >= 15 is 0 Å². The third-order valence-electron chi connectivity index (χ3n) is 1.67. The van der Waals surface area contributed by atoms with Crippen LogP contribution < -0.4 is 0 Å². The van der Waals surface area contributed by atoms with Crippen molar-refractivity contribution < 1.29 is 172 Å². The molecule has 39 heavy (non-hydrogen) atoms. The van der Waals surface area contributed by atoms with E-state index in [-0.39, 0.29) is 174 Å². The van der Waals surface area contributed by atoms with Crippen LogP contribution in [0.4, 0.5) is 0 Å². The van der Waals surface area contributed by atoms with Gasteiger partial charge in [-0.15, -0.1) is 24.8 Å². The fraction of sp³-hybridized carbons (Fsp3) is 0.143. The van der Waals surface area contributed by atoms with Crippen LogP contribution in [0.25, 0.3) is 0 Å². The number of hydrogen-bond acceptors (Lipinski definition) is 7. The second kappa shape index (κ2) is 98.6. The minimum Gasteiger partial charge on any atom is 0 e. The summed E-state index contributed by atoms with van der Waals surface area (Å²) in [4.78, 5) is 40.1. The molecule has 0 heterocycles. The predicted octanol–water partition coefficient (Wildman–Crippen LogP) is -3.84. The molecule has 19 nitrogen and oxygen atoms in total. The van der Waals surface area contributed by atoms with E-state index in [9.17, 15) is 14.4 Å². The number of carboxylic acid groups (broad SMARTS) is 4. The Morgan fingerprint density at radius 1 is 0.615 bits per heavy atom. The Balaban J connectivity index is -0.00000000898. The van der Waals surface area contributed by atoms with Crippen LogP contribution >= 0.6 is 24.8 Å². The van der Waals surface area contributed by atoms with Crippen LogP contribution in [-0.2, 0) is 93.7 Å². The van der Waals surface area contributed by atoms with Gasteiger partial charge in [0, 0.05) is 52.4 Å². The van der Waals surface area contributed by atoms with E-state index in [2.05, 4.69) is 0 Å². The molecule has 0 spiro atoms. The summed E-state index contributed by atoms with van der Waals surface area (Å²) in [6, 6.07) is 2.70. The van der Waals surface area contributed by atoms with Crippen LogP contribution in [0.1, 0.15) is 45.9 Å². The minimum absolute atomic E-state index is 0. The Hall–Kier alpha value is -0.374. The van der Waals surface area contributed by atoms with Crippen molar-refractivity contribution in [3.8, 4) is 0 Å². The molecule has 0 saturated carbocycles. The van der Waals surface area contributed by atoms with Crippen LogP contribution in [-0.4, -0.2) is 97.9 Å². The molecule has 1 rings (SSSR count). The van der Waals surface area contributed by atoms with Gasteiger partial charge in [-0.3, -0.25) is 13.7 Å². The van der Waals surface area contributed by atoms with Crippen molar-refractivity contribution in [2.75, 3.05) is 0 Å². The maximum atomic E-state index is 10.6. The first kappa shape index (κ1) is 142. The Morgan fingerprint density at radius 2 is 0.692 bits per heavy atom. The Labute approximate surface area is 292 Å². The van der Waals surface area contributed by atoms with Gasteiger partial charge >= 0.3 is 54.7 Å². The molecule has 0 fully saturated rings. The molecule has 1 aromatic carbocycles. The average molecular weight is 885 g/mol. The van der Waals surface area contributed by atoms with Crippen LogP contribution in [0, 0.1) is 14.9 Å². The molecular formula is C14H40Cl2O19SiZr3-2. The van der Waals surface area contributed by atoms with Crippen LogP contribution in [0.5, 0.6) is 0 Å². The molecule has 0 aromatic heterocycles. The molecule has 0 aliphatic rings. The number of rotatable bonds is 3. The summed E-state index contributed by atoms with van der Waals surface area (Å²) >= 11 is 0.300. The zero-order valence-electron chi connectivity index (χ0n) is 18.8. The van der Waals surface area contributed by atoms with Gasteiger partial charge in [-0.25, -0.2) is 14.4 Å².